The van der Waals surface area contributed by atoms with Gasteiger partial charge in [0.2, 0.25) is 0 Å². The topological polar surface area (TPSA) is 107 Å². The first-order valence-corrected chi connectivity index (χ1v) is 13.2. The minimum Gasteiger partial charge on any atom is -0.465 e. The van der Waals surface area contributed by atoms with Gasteiger partial charge in [-0.05, 0) is 91.8 Å². The van der Waals surface area contributed by atoms with E-state index >= 15 is 8.78 Å². The molecule has 10 heteroatoms. The maximum Gasteiger partial charge on any atom is 0.404 e. The molecule has 206 valence electrons. The number of anilines is 1. The number of amides is 1. The van der Waals surface area contributed by atoms with Gasteiger partial charge in [-0.15, -0.1) is 0 Å². The zero-order valence-corrected chi connectivity index (χ0v) is 21.6. The molecule has 5 rings (SSSR count). The van der Waals surface area contributed by atoms with Crippen molar-refractivity contribution in [2.45, 2.75) is 69.6 Å². The number of aliphatic hydroxyl groups is 1. The van der Waals surface area contributed by atoms with Crippen LogP contribution >= 0.6 is 0 Å². The van der Waals surface area contributed by atoms with Crippen molar-refractivity contribution in [1.82, 2.24) is 15.3 Å². The van der Waals surface area contributed by atoms with Crippen molar-refractivity contribution in [3.63, 3.8) is 0 Å². The van der Waals surface area contributed by atoms with E-state index in [9.17, 15) is 19.4 Å². The highest BCUT2D eigenvalue weighted by atomic mass is 19.1. The highest BCUT2D eigenvalue weighted by molar-refractivity contribution is 5.65. The number of hydrogen-bond donors (Lipinski definition) is 4. The first-order valence-electron chi connectivity index (χ1n) is 13.2. The minimum atomic E-state index is -1.25. The molecule has 2 saturated carbocycles. The summed E-state index contributed by atoms with van der Waals surface area (Å²) in [5, 5.41) is 25.5. The third-order valence-corrected chi connectivity index (χ3v) is 7.93. The predicted octanol–water partition coefficient (Wildman–Crippen LogP) is 6.08. The summed E-state index contributed by atoms with van der Waals surface area (Å²) in [4.78, 5) is 19.6. The summed E-state index contributed by atoms with van der Waals surface area (Å²) >= 11 is 0. The molecule has 2 heterocycles. The second kappa shape index (κ2) is 10.8. The average Bonchev–Trinajstić information content (AvgIpc) is 2.86. The van der Waals surface area contributed by atoms with Crippen LogP contribution in [0.2, 0.25) is 0 Å². The number of carbonyl (C=O) groups is 1. The lowest BCUT2D eigenvalue weighted by atomic mass is 9.75. The Hall–Kier alpha value is -3.66. The molecule has 0 saturated heterocycles. The molecular weight excluding hydrogens is 509 g/mol. The second-order valence-electron chi connectivity index (χ2n) is 10.8. The Labute approximate surface area is 224 Å². The Bertz CT molecular complexity index is 1360. The zero-order chi connectivity index (χ0) is 27.7. The van der Waals surface area contributed by atoms with Crippen LogP contribution in [0.25, 0.3) is 11.3 Å². The average molecular weight is 541 g/mol. The molecule has 1 aromatic carbocycles. The Morgan fingerprint density at radius 1 is 1.08 bits per heavy atom. The summed E-state index contributed by atoms with van der Waals surface area (Å²) < 4.78 is 44.8. The van der Waals surface area contributed by atoms with Crippen molar-refractivity contribution in [2.24, 2.45) is 5.92 Å². The van der Waals surface area contributed by atoms with E-state index in [0.29, 0.717) is 30.9 Å². The fourth-order valence-corrected chi connectivity index (χ4v) is 5.87. The van der Waals surface area contributed by atoms with Gasteiger partial charge in [0, 0.05) is 12.2 Å². The van der Waals surface area contributed by atoms with E-state index in [1.165, 1.54) is 6.07 Å². The molecule has 0 spiro atoms. The molecule has 0 aliphatic heterocycles. The number of pyridine rings is 2. The fraction of sp³-hybridized carbons (Fsp3) is 0.414. The van der Waals surface area contributed by atoms with E-state index in [2.05, 4.69) is 27.5 Å². The Kier molecular flexibility index (Phi) is 7.48. The lowest BCUT2D eigenvalue weighted by Crippen LogP contribution is -2.39. The molecule has 3 atom stereocenters. The minimum absolute atomic E-state index is 0.0972. The standard InChI is InChI=1S/C29H31F3N4O3/c1-16-9-17(11-20(10-16)36-28(37)38)21-5-8-33-15-25(21)34-14-19-3-4-22(30)27(35-19)26-23(31)12-18(13-24(26)32)29(39)6-2-7-29/h3-5,8,12-13,15-17,20,34,36,39H,2,6-7,9-11,14H2,1H3,(H,37,38)/t16-,17+,20-/m0/s1. The number of hydrogen-bond acceptors (Lipinski definition) is 5. The van der Waals surface area contributed by atoms with Gasteiger partial charge in [0.15, 0.2) is 0 Å². The van der Waals surface area contributed by atoms with Gasteiger partial charge in [-0.25, -0.2) is 22.9 Å². The predicted molar refractivity (Wildman–Crippen MR) is 140 cm³/mol. The van der Waals surface area contributed by atoms with Gasteiger partial charge in [-0.3, -0.25) is 4.98 Å². The van der Waals surface area contributed by atoms with Crippen LogP contribution in [0.3, 0.4) is 0 Å². The van der Waals surface area contributed by atoms with Gasteiger partial charge in [-0.2, -0.15) is 0 Å². The normalized spacial score (nSPS) is 22.1. The largest absolute Gasteiger partial charge is 0.465 e. The summed E-state index contributed by atoms with van der Waals surface area (Å²) in [5.41, 5.74) is -0.0368. The van der Waals surface area contributed by atoms with Crippen molar-refractivity contribution >= 4 is 11.8 Å². The Morgan fingerprint density at radius 3 is 2.49 bits per heavy atom. The SMILES string of the molecule is C[C@@H]1C[C@H](NC(=O)O)C[C@H](c2ccncc2NCc2ccc(F)c(-c3c(F)cc(C4(O)CCC4)cc3F)n2)C1. The molecule has 7 nitrogen and oxygen atoms in total. The molecule has 39 heavy (non-hydrogen) atoms. The van der Waals surface area contributed by atoms with Crippen LogP contribution in [0.15, 0.2) is 42.7 Å². The van der Waals surface area contributed by atoms with Crippen LogP contribution < -0.4 is 10.6 Å². The number of nitrogens with one attached hydrogen (secondary N) is 2. The van der Waals surface area contributed by atoms with Crippen molar-refractivity contribution in [3.8, 4) is 11.3 Å². The molecule has 2 fully saturated rings. The summed E-state index contributed by atoms with van der Waals surface area (Å²) in [7, 11) is 0. The van der Waals surface area contributed by atoms with Crippen LogP contribution in [0.1, 0.15) is 68.2 Å². The van der Waals surface area contributed by atoms with Crippen LogP contribution in [0, 0.1) is 23.4 Å². The zero-order valence-electron chi connectivity index (χ0n) is 21.6. The van der Waals surface area contributed by atoms with E-state index in [1.807, 2.05) is 6.07 Å². The van der Waals surface area contributed by atoms with Crippen LogP contribution in [0.5, 0.6) is 0 Å². The quantitative estimate of drug-likeness (QED) is 0.289. The van der Waals surface area contributed by atoms with Crippen molar-refractivity contribution in [3.05, 3.63) is 77.0 Å². The first-order chi connectivity index (χ1) is 18.6. The number of rotatable bonds is 7. The van der Waals surface area contributed by atoms with Gasteiger partial charge >= 0.3 is 6.09 Å². The highest BCUT2D eigenvalue weighted by Crippen LogP contribution is 2.43. The van der Waals surface area contributed by atoms with E-state index in [1.54, 1.807) is 12.4 Å². The molecule has 1 amide bonds. The van der Waals surface area contributed by atoms with Gasteiger partial charge < -0.3 is 20.8 Å². The second-order valence-corrected chi connectivity index (χ2v) is 10.8. The summed E-state index contributed by atoms with van der Waals surface area (Å²) in [6.07, 6.45) is 6.23. The van der Waals surface area contributed by atoms with Gasteiger partial charge in [-0.1, -0.05) is 6.92 Å². The number of nitrogens with zero attached hydrogens (tertiary/aromatic N) is 2. The van der Waals surface area contributed by atoms with Crippen molar-refractivity contribution in [1.29, 1.82) is 0 Å². The first kappa shape index (κ1) is 26.9. The molecule has 2 aliphatic rings. The van der Waals surface area contributed by atoms with Gasteiger partial charge in [0.1, 0.15) is 23.1 Å². The number of carboxylic acid groups (broad SMARTS) is 1. The summed E-state index contributed by atoms with van der Waals surface area (Å²) in [6.45, 7) is 2.24. The summed E-state index contributed by atoms with van der Waals surface area (Å²) in [6, 6.07) is 6.43. The van der Waals surface area contributed by atoms with Crippen LogP contribution in [-0.4, -0.2) is 32.3 Å². The monoisotopic (exact) mass is 540 g/mol. The molecule has 2 aromatic heterocycles. The lowest BCUT2D eigenvalue weighted by molar-refractivity contribution is -0.0392. The third kappa shape index (κ3) is 5.71. The van der Waals surface area contributed by atoms with Gasteiger partial charge in [0.25, 0.3) is 0 Å². The Balaban J connectivity index is 1.36. The van der Waals surface area contributed by atoms with E-state index in [-0.39, 0.29) is 24.1 Å². The van der Waals surface area contributed by atoms with E-state index in [4.69, 9.17) is 0 Å². The molecule has 4 N–H and O–H groups in total. The van der Waals surface area contributed by atoms with Gasteiger partial charge in [0.05, 0.1) is 35.3 Å². The molecule has 0 unspecified atom stereocenters. The number of benzene rings is 1. The Morgan fingerprint density at radius 2 is 1.82 bits per heavy atom. The van der Waals surface area contributed by atoms with Crippen LogP contribution in [0.4, 0.5) is 23.7 Å². The molecular formula is C29H31F3N4O3. The molecule has 2 aliphatic carbocycles. The van der Waals surface area contributed by atoms with E-state index in [0.717, 1.165) is 48.7 Å². The number of aromatic nitrogens is 2. The van der Waals surface area contributed by atoms with E-state index < -0.39 is 40.4 Å². The van der Waals surface area contributed by atoms with Crippen molar-refractivity contribution < 1.29 is 28.2 Å². The third-order valence-electron chi connectivity index (χ3n) is 7.93. The maximum absolute atomic E-state index is 15.0. The highest BCUT2D eigenvalue weighted by Gasteiger charge is 2.37. The lowest BCUT2D eigenvalue weighted by Gasteiger charge is -2.37. The number of halogens is 3. The molecule has 0 bridgehead atoms. The smallest absolute Gasteiger partial charge is 0.404 e. The fourth-order valence-electron chi connectivity index (χ4n) is 5.87. The maximum atomic E-state index is 15.0. The summed E-state index contributed by atoms with van der Waals surface area (Å²) in [5.74, 6) is -2.40. The van der Waals surface area contributed by atoms with Crippen LogP contribution in [-0.2, 0) is 12.1 Å². The van der Waals surface area contributed by atoms with Crippen molar-refractivity contribution in [2.75, 3.05) is 5.32 Å². The molecule has 3 aromatic rings. The molecule has 0 radical (unpaired) electrons.